The number of hydrogen-bond donors (Lipinski definition) is 1. The molecule has 0 bridgehead atoms. The summed E-state index contributed by atoms with van der Waals surface area (Å²) in [5.41, 5.74) is 0.868. The van der Waals surface area contributed by atoms with Gasteiger partial charge >= 0.3 is 6.03 Å². The summed E-state index contributed by atoms with van der Waals surface area (Å²) < 4.78 is 5.08. The summed E-state index contributed by atoms with van der Waals surface area (Å²) in [7, 11) is 0. The first kappa shape index (κ1) is 6.15. The number of nitrogens with one attached hydrogen (secondary N) is 1. The molecule has 0 aromatic heterocycles. The number of rotatable bonds is 0. The number of nitrogens with zero attached hydrogens (tertiary/aromatic N) is 1. The molecule has 0 fully saturated rings. The lowest BCUT2D eigenvalue weighted by Gasteiger charge is -2.22. The topological polar surface area (TPSA) is 50.7 Å². The van der Waals surface area contributed by atoms with Crippen LogP contribution in [0.3, 0.4) is 0 Å². The van der Waals surface area contributed by atoms with Crippen LogP contribution in [0.4, 0.5) is 4.79 Å². The van der Waals surface area contributed by atoms with E-state index in [0.717, 1.165) is 5.57 Å². The molecule has 0 saturated heterocycles. The number of amides is 2. The maximum atomic E-state index is 10.7. The molecule has 56 valence electrons. The number of carbonyl (C=O) groups is 1. The first-order valence-corrected chi connectivity index (χ1v) is 3.23. The van der Waals surface area contributed by atoms with Gasteiger partial charge in [0.25, 0.3) is 0 Å². The molecule has 4 nitrogen and oxygen atoms in total. The second-order valence-corrected chi connectivity index (χ2v) is 2.22. The fraction of sp³-hybridized carbons (Fsp3) is 0.143. The van der Waals surface area contributed by atoms with Crippen LogP contribution in [0.5, 0.6) is 0 Å². The van der Waals surface area contributed by atoms with Crippen molar-refractivity contribution >= 4 is 12.2 Å². The molecule has 0 aliphatic carbocycles. The van der Waals surface area contributed by atoms with Gasteiger partial charge in [0.2, 0.25) is 6.23 Å². The predicted octanol–water partition coefficient (Wildman–Crippen LogP) is 0.577. The summed E-state index contributed by atoms with van der Waals surface area (Å²) >= 11 is 0. The molecule has 1 atom stereocenters. The van der Waals surface area contributed by atoms with Crippen LogP contribution in [-0.2, 0) is 4.74 Å². The first-order chi connectivity index (χ1) is 5.36. The fourth-order valence-corrected chi connectivity index (χ4v) is 0.951. The smallest absolute Gasteiger partial charge is 0.344 e. The van der Waals surface area contributed by atoms with E-state index in [2.05, 4.69) is 10.3 Å². The molecule has 2 amide bonds. The number of carbonyl (C=O) groups excluding carboxylic acids is 1. The second-order valence-electron chi connectivity index (χ2n) is 2.22. The molecule has 2 rings (SSSR count). The second kappa shape index (κ2) is 2.23. The summed E-state index contributed by atoms with van der Waals surface area (Å²) in [4.78, 5) is 14.2. The van der Waals surface area contributed by atoms with E-state index in [-0.39, 0.29) is 12.3 Å². The third kappa shape index (κ3) is 1.02. The highest BCUT2D eigenvalue weighted by Crippen LogP contribution is 2.11. The van der Waals surface area contributed by atoms with Gasteiger partial charge in [0.05, 0.1) is 6.26 Å². The van der Waals surface area contributed by atoms with E-state index >= 15 is 0 Å². The number of allylic oxidation sites excluding steroid dienone is 2. The van der Waals surface area contributed by atoms with Gasteiger partial charge in [-0.2, -0.15) is 0 Å². The zero-order valence-corrected chi connectivity index (χ0v) is 5.65. The zero-order valence-electron chi connectivity index (χ0n) is 5.65. The van der Waals surface area contributed by atoms with Crippen molar-refractivity contribution in [2.45, 2.75) is 6.23 Å². The standard InChI is InChI=1S/C7H6N2O2/c10-7-8-4-5-2-1-3-11-6(5)9-7/h1-4,6H,(H,9,10). The molecule has 2 aliphatic heterocycles. The Bertz CT molecular complexity index is 278. The predicted molar refractivity (Wildman–Crippen MR) is 39.1 cm³/mol. The number of ether oxygens (including phenoxy) is 1. The van der Waals surface area contributed by atoms with Gasteiger partial charge in [-0.05, 0) is 12.2 Å². The van der Waals surface area contributed by atoms with Crippen LogP contribution in [0.15, 0.2) is 29.0 Å². The van der Waals surface area contributed by atoms with Crippen LogP contribution < -0.4 is 5.32 Å². The SMILES string of the molecule is O=C1N=CC2=CC=COC2N1. The third-order valence-electron chi connectivity index (χ3n) is 1.47. The Labute approximate surface area is 63.3 Å². The van der Waals surface area contributed by atoms with Gasteiger partial charge in [-0.25, -0.2) is 9.79 Å². The molecule has 2 aliphatic rings. The quantitative estimate of drug-likeness (QED) is 0.549. The summed E-state index contributed by atoms with van der Waals surface area (Å²) in [6.07, 6.45) is 6.30. The maximum absolute atomic E-state index is 10.7. The number of fused-ring (bicyclic) bond motifs is 1. The highest BCUT2D eigenvalue weighted by molar-refractivity contribution is 5.95. The van der Waals surface area contributed by atoms with Gasteiger partial charge in [-0.1, -0.05) is 0 Å². The summed E-state index contributed by atoms with van der Waals surface area (Å²) in [6, 6.07) is -0.359. The molecule has 0 aromatic carbocycles. The third-order valence-corrected chi connectivity index (χ3v) is 1.47. The van der Waals surface area contributed by atoms with Crippen molar-refractivity contribution in [2.24, 2.45) is 4.99 Å². The lowest BCUT2D eigenvalue weighted by molar-refractivity contribution is 0.147. The van der Waals surface area contributed by atoms with Crippen molar-refractivity contribution in [1.29, 1.82) is 0 Å². The Morgan fingerprint density at radius 1 is 1.64 bits per heavy atom. The number of aliphatic imine (C=N–C) groups is 1. The Kier molecular flexibility index (Phi) is 1.25. The minimum atomic E-state index is -0.359. The molecular weight excluding hydrogens is 144 g/mol. The molecule has 0 aromatic rings. The summed E-state index contributed by atoms with van der Waals surface area (Å²) in [6.45, 7) is 0. The van der Waals surface area contributed by atoms with Gasteiger partial charge in [0.15, 0.2) is 0 Å². The lowest BCUT2D eigenvalue weighted by atomic mass is 10.2. The van der Waals surface area contributed by atoms with Gasteiger partial charge in [0, 0.05) is 11.8 Å². The Morgan fingerprint density at radius 2 is 2.55 bits per heavy atom. The number of hydrogen-bond acceptors (Lipinski definition) is 2. The van der Waals surface area contributed by atoms with E-state index in [9.17, 15) is 4.79 Å². The maximum Gasteiger partial charge on any atom is 0.344 e. The normalized spacial score (nSPS) is 26.7. The van der Waals surface area contributed by atoms with Gasteiger partial charge in [0.1, 0.15) is 0 Å². The van der Waals surface area contributed by atoms with Crippen LogP contribution >= 0.6 is 0 Å². The van der Waals surface area contributed by atoms with E-state index in [1.54, 1.807) is 6.08 Å². The largest absolute Gasteiger partial charge is 0.474 e. The molecule has 0 radical (unpaired) electrons. The Morgan fingerprint density at radius 3 is 3.45 bits per heavy atom. The Balaban J connectivity index is 2.31. The molecule has 11 heavy (non-hydrogen) atoms. The average molecular weight is 150 g/mol. The highest BCUT2D eigenvalue weighted by Gasteiger charge is 2.20. The van der Waals surface area contributed by atoms with Gasteiger partial charge < -0.3 is 4.74 Å². The lowest BCUT2D eigenvalue weighted by Crippen LogP contribution is -2.40. The first-order valence-electron chi connectivity index (χ1n) is 3.23. The van der Waals surface area contributed by atoms with Gasteiger partial charge in [-0.15, -0.1) is 0 Å². The van der Waals surface area contributed by atoms with Crippen LogP contribution in [0.1, 0.15) is 0 Å². The Hall–Kier alpha value is -1.58. The van der Waals surface area contributed by atoms with Crippen molar-refractivity contribution in [3.63, 3.8) is 0 Å². The molecule has 1 unspecified atom stereocenters. The van der Waals surface area contributed by atoms with Crippen LogP contribution in [0, 0.1) is 0 Å². The van der Waals surface area contributed by atoms with E-state index in [1.807, 2.05) is 6.08 Å². The van der Waals surface area contributed by atoms with Crippen LogP contribution in [0.2, 0.25) is 0 Å². The number of urea groups is 1. The van der Waals surface area contributed by atoms with E-state index in [0.29, 0.717) is 0 Å². The van der Waals surface area contributed by atoms with Crippen molar-refractivity contribution in [3.8, 4) is 0 Å². The zero-order chi connectivity index (χ0) is 7.68. The molecule has 1 N–H and O–H groups in total. The van der Waals surface area contributed by atoms with Crippen LogP contribution in [0.25, 0.3) is 0 Å². The molecule has 0 saturated carbocycles. The van der Waals surface area contributed by atoms with E-state index in [4.69, 9.17) is 4.74 Å². The molecule has 2 heterocycles. The van der Waals surface area contributed by atoms with Gasteiger partial charge in [-0.3, -0.25) is 5.32 Å². The summed E-state index contributed by atoms with van der Waals surface area (Å²) in [5, 5.41) is 2.54. The molecule has 4 heteroatoms. The molecular formula is C7H6N2O2. The van der Waals surface area contributed by atoms with Crippen LogP contribution in [-0.4, -0.2) is 18.5 Å². The summed E-state index contributed by atoms with van der Waals surface area (Å²) in [5.74, 6) is 0. The van der Waals surface area contributed by atoms with Crippen molar-refractivity contribution in [2.75, 3.05) is 0 Å². The average Bonchev–Trinajstić information content (AvgIpc) is 2.04. The highest BCUT2D eigenvalue weighted by atomic mass is 16.5. The molecule has 0 spiro atoms. The minimum Gasteiger partial charge on any atom is -0.474 e. The van der Waals surface area contributed by atoms with Crippen molar-refractivity contribution in [3.05, 3.63) is 24.0 Å². The van der Waals surface area contributed by atoms with Crippen molar-refractivity contribution < 1.29 is 9.53 Å². The monoisotopic (exact) mass is 150 g/mol. The fourth-order valence-electron chi connectivity index (χ4n) is 0.951. The minimum absolute atomic E-state index is 0.343. The van der Waals surface area contributed by atoms with Crippen molar-refractivity contribution in [1.82, 2.24) is 5.32 Å². The van der Waals surface area contributed by atoms with E-state index < -0.39 is 0 Å². The van der Waals surface area contributed by atoms with E-state index in [1.165, 1.54) is 12.5 Å².